The van der Waals surface area contributed by atoms with E-state index in [0.717, 1.165) is 17.1 Å². The molecule has 29 heavy (non-hydrogen) atoms. The number of ether oxygens (including phenoxy) is 1. The van der Waals surface area contributed by atoms with Crippen molar-refractivity contribution in [3.05, 3.63) is 76.6 Å². The van der Waals surface area contributed by atoms with Crippen molar-refractivity contribution in [3.63, 3.8) is 0 Å². The molecule has 0 saturated carbocycles. The molecule has 1 aliphatic rings. The van der Waals surface area contributed by atoms with Crippen LogP contribution in [0.4, 0.5) is 0 Å². The number of H-pyrrole nitrogens is 1. The monoisotopic (exact) mass is 391 g/mol. The molecular formula is C22H25N5O2. The maximum absolute atomic E-state index is 13.2. The van der Waals surface area contributed by atoms with E-state index in [4.69, 9.17) is 4.74 Å². The van der Waals surface area contributed by atoms with Gasteiger partial charge in [0.05, 0.1) is 18.8 Å². The minimum Gasteiger partial charge on any atom is -0.372 e. The average molecular weight is 391 g/mol. The molecule has 0 aliphatic carbocycles. The summed E-state index contributed by atoms with van der Waals surface area (Å²) in [5, 5.41) is 7.19. The van der Waals surface area contributed by atoms with Crippen molar-refractivity contribution < 1.29 is 9.53 Å². The Hall–Kier alpha value is -3.06. The molecule has 0 radical (unpaired) electrons. The second kappa shape index (κ2) is 8.13. The lowest BCUT2D eigenvalue weighted by Crippen LogP contribution is -2.32. The molecule has 150 valence electrons. The maximum atomic E-state index is 13.2. The topological polar surface area (TPSA) is 84.0 Å². The fourth-order valence-electron chi connectivity index (χ4n) is 3.76. The van der Waals surface area contributed by atoms with Crippen molar-refractivity contribution in [1.29, 1.82) is 0 Å². The Balaban J connectivity index is 1.53. The summed E-state index contributed by atoms with van der Waals surface area (Å²) in [6.07, 6.45) is 2.25. The summed E-state index contributed by atoms with van der Waals surface area (Å²) in [5.41, 5.74) is 3.77. The Kier molecular flexibility index (Phi) is 5.40. The van der Waals surface area contributed by atoms with E-state index in [2.05, 4.69) is 45.3 Å². The van der Waals surface area contributed by atoms with Crippen molar-refractivity contribution >= 4 is 5.91 Å². The number of aryl methyl sites for hydroxylation is 3. The van der Waals surface area contributed by atoms with Gasteiger partial charge in [0.1, 0.15) is 5.82 Å². The number of nitrogens with zero attached hydrogens (tertiary/aromatic N) is 4. The van der Waals surface area contributed by atoms with E-state index < -0.39 is 0 Å². The minimum absolute atomic E-state index is 0.0513. The lowest BCUT2D eigenvalue weighted by atomic mass is 10.1. The number of nitrogens with one attached hydrogen (secondary N) is 1. The van der Waals surface area contributed by atoms with Crippen LogP contribution in [0.25, 0.3) is 0 Å². The smallest absolute Gasteiger partial charge is 0.254 e. The van der Waals surface area contributed by atoms with Crippen molar-refractivity contribution in [2.75, 3.05) is 6.54 Å². The van der Waals surface area contributed by atoms with Gasteiger partial charge in [0.2, 0.25) is 0 Å². The largest absolute Gasteiger partial charge is 0.372 e. The third kappa shape index (κ3) is 4.35. The first kappa shape index (κ1) is 19.3. The van der Waals surface area contributed by atoms with Gasteiger partial charge in [0.25, 0.3) is 5.91 Å². The molecule has 1 N–H and O–H groups in total. The van der Waals surface area contributed by atoms with Crippen LogP contribution in [0.2, 0.25) is 0 Å². The van der Waals surface area contributed by atoms with Crippen molar-refractivity contribution in [2.45, 2.75) is 45.9 Å². The fraction of sp³-hybridized carbons (Fsp3) is 0.364. The highest BCUT2D eigenvalue weighted by molar-refractivity contribution is 5.94. The van der Waals surface area contributed by atoms with Gasteiger partial charge < -0.3 is 9.64 Å². The van der Waals surface area contributed by atoms with E-state index in [1.165, 1.54) is 5.56 Å². The number of aromatic nitrogens is 4. The van der Waals surface area contributed by atoms with Crippen LogP contribution < -0.4 is 0 Å². The third-order valence-corrected chi connectivity index (χ3v) is 5.15. The quantitative estimate of drug-likeness (QED) is 0.721. The summed E-state index contributed by atoms with van der Waals surface area (Å²) < 4.78 is 6.17. The predicted octanol–water partition coefficient (Wildman–Crippen LogP) is 3.30. The highest BCUT2D eigenvalue weighted by Gasteiger charge is 2.39. The fourth-order valence-corrected chi connectivity index (χ4v) is 3.76. The lowest BCUT2D eigenvalue weighted by Gasteiger charge is -2.22. The Morgan fingerprint density at radius 1 is 1.24 bits per heavy atom. The Labute approximate surface area is 170 Å². The number of hydrogen-bond acceptors (Lipinski definition) is 5. The zero-order valence-electron chi connectivity index (χ0n) is 16.9. The number of hydrogen-bond donors (Lipinski definition) is 1. The molecule has 7 nitrogen and oxygen atoms in total. The Morgan fingerprint density at radius 2 is 2.10 bits per heavy atom. The van der Waals surface area contributed by atoms with E-state index >= 15 is 0 Å². The first-order chi connectivity index (χ1) is 14.0. The third-order valence-electron chi connectivity index (χ3n) is 5.15. The molecule has 1 saturated heterocycles. The van der Waals surface area contributed by atoms with Crippen LogP contribution in [0, 0.1) is 20.8 Å². The number of benzene rings is 1. The summed E-state index contributed by atoms with van der Waals surface area (Å²) in [4.78, 5) is 23.7. The Bertz CT molecular complexity index is 1020. The molecule has 0 unspecified atom stereocenters. The molecule has 2 aromatic heterocycles. The molecule has 1 aromatic carbocycles. The second-order valence-corrected chi connectivity index (χ2v) is 7.60. The predicted molar refractivity (Wildman–Crippen MR) is 108 cm³/mol. The summed E-state index contributed by atoms with van der Waals surface area (Å²) >= 11 is 0. The van der Waals surface area contributed by atoms with Crippen molar-refractivity contribution in [1.82, 2.24) is 25.1 Å². The number of rotatable bonds is 5. The standard InChI is InChI=1S/C22H25N5O2/c1-14-5-4-6-17(9-14)13-29-19-11-20(21-24-16(3)25-26-21)27(12-19)22(28)18-7-8-23-15(2)10-18/h4-10,19-20H,11-13H2,1-3H3,(H,24,25,26)/t19-,20-/m0/s1. The summed E-state index contributed by atoms with van der Waals surface area (Å²) in [7, 11) is 0. The van der Waals surface area contributed by atoms with Gasteiger partial charge in [-0.1, -0.05) is 29.8 Å². The molecule has 3 aromatic rings. The van der Waals surface area contributed by atoms with E-state index in [1.807, 2.05) is 30.9 Å². The van der Waals surface area contributed by atoms with Gasteiger partial charge in [-0.05, 0) is 38.5 Å². The van der Waals surface area contributed by atoms with Crippen LogP contribution in [0.3, 0.4) is 0 Å². The SMILES string of the molecule is Cc1cccc(CO[C@H]2C[C@@H](c3n[nH]c(C)n3)N(C(=O)c3ccnc(C)c3)C2)c1. The number of likely N-dealkylation sites (tertiary alicyclic amines) is 1. The molecule has 4 rings (SSSR count). The molecule has 7 heteroatoms. The highest BCUT2D eigenvalue weighted by atomic mass is 16.5. The average Bonchev–Trinajstić information content (AvgIpc) is 3.32. The number of aromatic amines is 1. The maximum Gasteiger partial charge on any atom is 0.254 e. The van der Waals surface area contributed by atoms with E-state index in [0.29, 0.717) is 31.0 Å². The number of carbonyl (C=O) groups excluding carboxylic acids is 1. The minimum atomic E-state index is -0.219. The van der Waals surface area contributed by atoms with Crippen LogP contribution >= 0.6 is 0 Å². The van der Waals surface area contributed by atoms with Crippen molar-refractivity contribution in [2.24, 2.45) is 0 Å². The van der Waals surface area contributed by atoms with Crippen LogP contribution in [-0.4, -0.2) is 43.6 Å². The number of pyridine rings is 1. The van der Waals surface area contributed by atoms with Crippen LogP contribution in [0.5, 0.6) is 0 Å². The van der Waals surface area contributed by atoms with Gasteiger partial charge in [-0.25, -0.2) is 4.98 Å². The molecule has 0 spiro atoms. The highest BCUT2D eigenvalue weighted by Crippen LogP contribution is 2.33. The molecule has 3 heterocycles. The van der Waals surface area contributed by atoms with Crippen molar-refractivity contribution in [3.8, 4) is 0 Å². The number of carbonyl (C=O) groups is 1. The van der Waals surface area contributed by atoms with E-state index in [-0.39, 0.29) is 18.1 Å². The van der Waals surface area contributed by atoms with E-state index in [1.54, 1.807) is 12.3 Å². The zero-order chi connectivity index (χ0) is 20.4. The first-order valence-electron chi connectivity index (χ1n) is 9.79. The Morgan fingerprint density at radius 3 is 2.83 bits per heavy atom. The van der Waals surface area contributed by atoms with Crippen LogP contribution in [0.15, 0.2) is 42.6 Å². The first-order valence-corrected chi connectivity index (χ1v) is 9.79. The zero-order valence-corrected chi connectivity index (χ0v) is 16.9. The van der Waals surface area contributed by atoms with Crippen LogP contribution in [-0.2, 0) is 11.3 Å². The molecule has 0 bridgehead atoms. The van der Waals surface area contributed by atoms with Gasteiger partial charge >= 0.3 is 0 Å². The number of amides is 1. The normalized spacial score (nSPS) is 18.9. The second-order valence-electron chi connectivity index (χ2n) is 7.60. The van der Waals surface area contributed by atoms with E-state index in [9.17, 15) is 4.79 Å². The molecule has 1 fully saturated rings. The van der Waals surface area contributed by atoms with Gasteiger partial charge in [-0.15, -0.1) is 0 Å². The molecule has 1 amide bonds. The molecule has 1 aliphatic heterocycles. The van der Waals surface area contributed by atoms with Crippen LogP contribution in [0.1, 0.15) is 51.3 Å². The molecule has 2 atom stereocenters. The van der Waals surface area contributed by atoms with Gasteiger partial charge in [0, 0.05) is 30.4 Å². The van der Waals surface area contributed by atoms with Gasteiger partial charge in [0.15, 0.2) is 5.82 Å². The summed E-state index contributed by atoms with van der Waals surface area (Å²) in [5.74, 6) is 1.31. The lowest BCUT2D eigenvalue weighted by molar-refractivity contribution is 0.0437. The summed E-state index contributed by atoms with van der Waals surface area (Å²) in [6.45, 7) is 6.82. The summed E-state index contributed by atoms with van der Waals surface area (Å²) in [6, 6.07) is 11.6. The van der Waals surface area contributed by atoms with Gasteiger partial charge in [-0.2, -0.15) is 5.10 Å². The molecular weight excluding hydrogens is 366 g/mol. The van der Waals surface area contributed by atoms with Gasteiger partial charge in [-0.3, -0.25) is 14.9 Å².